The van der Waals surface area contributed by atoms with Gasteiger partial charge < -0.3 is 15.8 Å². The Hall–Kier alpha value is -2.49. The molecule has 4 heteroatoms. The van der Waals surface area contributed by atoms with E-state index in [4.69, 9.17) is 10.5 Å². The number of nitrogens with two attached hydrogens (primary N) is 1. The molecule has 4 nitrogen and oxygen atoms in total. The maximum atomic E-state index is 11.7. The van der Waals surface area contributed by atoms with Gasteiger partial charge >= 0.3 is 0 Å². The molecule has 0 spiro atoms. The molecule has 0 unspecified atom stereocenters. The van der Waals surface area contributed by atoms with Gasteiger partial charge in [0.2, 0.25) is 0 Å². The molecule has 0 aliphatic carbocycles. The fourth-order valence-electron chi connectivity index (χ4n) is 2.17. The van der Waals surface area contributed by atoms with Crippen LogP contribution in [-0.2, 0) is 6.42 Å². The van der Waals surface area contributed by atoms with Gasteiger partial charge in [-0.3, -0.25) is 4.79 Å². The minimum Gasteiger partial charge on any atom is -0.492 e. The number of amides is 1. The van der Waals surface area contributed by atoms with E-state index in [1.54, 1.807) is 6.07 Å². The van der Waals surface area contributed by atoms with Gasteiger partial charge in [-0.05, 0) is 24.6 Å². The van der Waals surface area contributed by atoms with Crippen LogP contribution in [0.3, 0.4) is 0 Å². The van der Waals surface area contributed by atoms with Crippen molar-refractivity contribution in [2.24, 2.45) is 5.73 Å². The molecule has 2 aromatic rings. The molecule has 0 aromatic heterocycles. The first-order chi connectivity index (χ1) is 10.2. The third kappa shape index (κ3) is 3.99. The van der Waals surface area contributed by atoms with Crippen LogP contribution in [-0.4, -0.2) is 19.1 Å². The molecule has 0 aliphatic rings. The van der Waals surface area contributed by atoms with Crippen molar-refractivity contribution in [1.82, 2.24) is 0 Å². The molecule has 110 valence electrons. The molecule has 0 bridgehead atoms. The topological polar surface area (TPSA) is 64.3 Å². The van der Waals surface area contributed by atoms with Crippen LogP contribution in [0.5, 0.6) is 5.75 Å². The van der Waals surface area contributed by atoms with Crippen LogP contribution in [0.15, 0.2) is 48.5 Å². The van der Waals surface area contributed by atoms with E-state index in [0.717, 1.165) is 6.42 Å². The molecule has 0 radical (unpaired) electrons. The molecule has 0 atom stereocenters. The third-order valence-corrected chi connectivity index (χ3v) is 3.13. The van der Waals surface area contributed by atoms with Gasteiger partial charge in [0.15, 0.2) is 0 Å². The first-order valence-corrected chi connectivity index (χ1v) is 7.05. The van der Waals surface area contributed by atoms with Crippen molar-refractivity contribution in [1.29, 1.82) is 0 Å². The van der Waals surface area contributed by atoms with Gasteiger partial charge in [-0.15, -0.1) is 0 Å². The molecular formula is C17H20N2O2. The number of hydrogen-bond donors (Lipinski definition) is 2. The van der Waals surface area contributed by atoms with Crippen LogP contribution in [0.1, 0.15) is 22.8 Å². The van der Waals surface area contributed by atoms with Crippen LogP contribution >= 0.6 is 0 Å². The van der Waals surface area contributed by atoms with Crippen molar-refractivity contribution in [3.8, 4) is 5.75 Å². The van der Waals surface area contributed by atoms with Gasteiger partial charge in [-0.25, -0.2) is 0 Å². The standard InChI is InChI=1S/C17H20N2O2/c1-2-19-14-9-6-10-15(16(14)17(18)20)21-12-11-13-7-4-3-5-8-13/h3-10,19H,2,11-12H2,1H3,(H2,18,20). The molecule has 1 amide bonds. The largest absolute Gasteiger partial charge is 0.492 e. The predicted molar refractivity (Wildman–Crippen MR) is 84.8 cm³/mol. The maximum absolute atomic E-state index is 11.7. The lowest BCUT2D eigenvalue weighted by atomic mass is 10.1. The van der Waals surface area contributed by atoms with Crippen LogP contribution in [0.25, 0.3) is 0 Å². The second-order valence-electron chi connectivity index (χ2n) is 4.66. The zero-order valence-electron chi connectivity index (χ0n) is 12.1. The summed E-state index contributed by atoms with van der Waals surface area (Å²) in [6.45, 7) is 3.18. The number of carbonyl (C=O) groups excluding carboxylic acids is 1. The van der Waals surface area contributed by atoms with E-state index in [-0.39, 0.29) is 0 Å². The fraction of sp³-hybridized carbons (Fsp3) is 0.235. The summed E-state index contributed by atoms with van der Waals surface area (Å²) in [5.41, 5.74) is 7.78. The average Bonchev–Trinajstić information content (AvgIpc) is 2.48. The highest BCUT2D eigenvalue weighted by Crippen LogP contribution is 2.26. The molecule has 0 saturated heterocycles. The molecule has 21 heavy (non-hydrogen) atoms. The number of nitrogens with one attached hydrogen (secondary N) is 1. The smallest absolute Gasteiger partial charge is 0.254 e. The van der Waals surface area contributed by atoms with Gasteiger partial charge in [0.1, 0.15) is 11.3 Å². The van der Waals surface area contributed by atoms with Crippen LogP contribution in [0, 0.1) is 0 Å². The number of rotatable bonds is 7. The summed E-state index contributed by atoms with van der Waals surface area (Å²) in [5.74, 6) is 0.0399. The fourth-order valence-corrected chi connectivity index (χ4v) is 2.17. The number of hydrogen-bond acceptors (Lipinski definition) is 3. The normalized spacial score (nSPS) is 10.1. The van der Waals surface area contributed by atoms with Gasteiger partial charge in [0.25, 0.3) is 5.91 Å². The molecular weight excluding hydrogens is 264 g/mol. The lowest BCUT2D eigenvalue weighted by Crippen LogP contribution is -2.17. The van der Waals surface area contributed by atoms with Gasteiger partial charge in [-0.1, -0.05) is 36.4 Å². The summed E-state index contributed by atoms with van der Waals surface area (Å²) in [7, 11) is 0. The van der Waals surface area contributed by atoms with Gasteiger partial charge in [0, 0.05) is 13.0 Å². The molecule has 0 fully saturated rings. The Morgan fingerprint density at radius 2 is 1.90 bits per heavy atom. The van der Waals surface area contributed by atoms with E-state index in [9.17, 15) is 4.79 Å². The summed E-state index contributed by atoms with van der Waals surface area (Å²) in [4.78, 5) is 11.7. The quantitative estimate of drug-likeness (QED) is 0.821. The first kappa shape index (κ1) is 14.9. The number of anilines is 1. The van der Waals surface area contributed by atoms with E-state index in [0.29, 0.717) is 30.2 Å². The Kier molecular flexibility index (Phi) is 5.21. The summed E-state index contributed by atoms with van der Waals surface area (Å²) in [6, 6.07) is 15.5. The van der Waals surface area contributed by atoms with Crippen LogP contribution in [0.2, 0.25) is 0 Å². The number of carbonyl (C=O) groups is 1. The van der Waals surface area contributed by atoms with Gasteiger partial charge in [0.05, 0.1) is 12.3 Å². The lowest BCUT2D eigenvalue weighted by Gasteiger charge is -2.14. The SMILES string of the molecule is CCNc1cccc(OCCc2ccccc2)c1C(N)=O. The maximum Gasteiger partial charge on any atom is 0.254 e. The van der Waals surface area contributed by atoms with Crippen molar-refractivity contribution in [3.63, 3.8) is 0 Å². The summed E-state index contributed by atoms with van der Waals surface area (Å²) < 4.78 is 5.75. The lowest BCUT2D eigenvalue weighted by molar-refractivity contribution is 0.0997. The Morgan fingerprint density at radius 1 is 1.14 bits per heavy atom. The number of ether oxygens (including phenoxy) is 1. The third-order valence-electron chi connectivity index (χ3n) is 3.13. The molecule has 0 aliphatic heterocycles. The second kappa shape index (κ2) is 7.33. The Morgan fingerprint density at radius 3 is 2.57 bits per heavy atom. The minimum absolute atomic E-state index is 0.410. The molecule has 2 rings (SSSR count). The molecule has 2 aromatic carbocycles. The highest BCUT2D eigenvalue weighted by atomic mass is 16.5. The van der Waals surface area contributed by atoms with Crippen molar-refractivity contribution in [2.75, 3.05) is 18.5 Å². The summed E-state index contributed by atoms with van der Waals surface area (Å²) >= 11 is 0. The summed E-state index contributed by atoms with van der Waals surface area (Å²) in [5, 5.41) is 3.13. The summed E-state index contributed by atoms with van der Waals surface area (Å²) in [6.07, 6.45) is 0.782. The molecule has 3 N–H and O–H groups in total. The van der Waals surface area contributed by atoms with E-state index in [1.807, 2.05) is 49.4 Å². The monoisotopic (exact) mass is 284 g/mol. The van der Waals surface area contributed by atoms with Gasteiger partial charge in [-0.2, -0.15) is 0 Å². The van der Waals surface area contributed by atoms with Crippen molar-refractivity contribution in [2.45, 2.75) is 13.3 Å². The first-order valence-electron chi connectivity index (χ1n) is 7.05. The number of primary amides is 1. The van der Waals surface area contributed by atoms with E-state index in [2.05, 4.69) is 5.32 Å². The molecule has 0 saturated carbocycles. The Balaban J connectivity index is 2.08. The van der Waals surface area contributed by atoms with Crippen molar-refractivity contribution < 1.29 is 9.53 Å². The predicted octanol–water partition coefficient (Wildman–Crippen LogP) is 2.84. The number of benzene rings is 2. The minimum atomic E-state index is -0.485. The van der Waals surface area contributed by atoms with Crippen molar-refractivity contribution >= 4 is 11.6 Å². The van der Waals surface area contributed by atoms with E-state index >= 15 is 0 Å². The zero-order chi connectivity index (χ0) is 15.1. The molecule has 0 heterocycles. The van der Waals surface area contributed by atoms with Crippen molar-refractivity contribution in [3.05, 3.63) is 59.7 Å². The zero-order valence-corrected chi connectivity index (χ0v) is 12.1. The average molecular weight is 284 g/mol. The van der Waals surface area contributed by atoms with E-state index in [1.165, 1.54) is 5.56 Å². The highest BCUT2D eigenvalue weighted by molar-refractivity contribution is 6.01. The highest BCUT2D eigenvalue weighted by Gasteiger charge is 2.14. The van der Waals surface area contributed by atoms with Crippen LogP contribution < -0.4 is 15.8 Å². The Bertz CT molecular complexity index is 597. The van der Waals surface area contributed by atoms with E-state index < -0.39 is 5.91 Å². The van der Waals surface area contributed by atoms with Crippen LogP contribution in [0.4, 0.5) is 5.69 Å². The second-order valence-corrected chi connectivity index (χ2v) is 4.66. The Labute approximate surface area is 124 Å².